The molecular weight excluding hydrogens is 412 g/mol. The zero-order valence-electron chi connectivity index (χ0n) is 17.9. The molecule has 0 saturated heterocycles. The predicted octanol–water partition coefficient (Wildman–Crippen LogP) is 5.42. The van der Waals surface area contributed by atoms with Gasteiger partial charge in [0.25, 0.3) is 5.56 Å². The van der Waals surface area contributed by atoms with Gasteiger partial charge in [-0.05, 0) is 63.6 Å². The molecular formula is C24H26N2O2S2. The fraction of sp³-hybridized carbons (Fsp3) is 0.375. The highest BCUT2D eigenvalue weighted by Crippen LogP contribution is 2.35. The largest absolute Gasteiger partial charge is 0.293 e. The molecule has 0 bridgehead atoms. The first-order chi connectivity index (χ1) is 14.3. The van der Waals surface area contributed by atoms with Gasteiger partial charge >= 0.3 is 0 Å². The number of fused-ring (bicyclic) bond motifs is 3. The van der Waals surface area contributed by atoms with Crippen LogP contribution >= 0.6 is 23.1 Å². The fourth-order valence-corrected chi connectivity index (χ4v) is 6.57. The van der Waals surface area contributed by atoms with Crippen LogP contribution in [0.25, 0.3) is 10.2 Å². The summed E-state index contributed by atoms with van der Waals surface area (Å²) in [6.07, 6.45) is 3.09. The van der Waals surface area contributed by atoms with E-state index in [2.05, 4.69) is 6.58 Å². The van der Waals surface area contributed by atoms with E-state index in [0.29, 0.717) is 11.7 Å². The van der Waals surface area contributed by atoms with Gasteiger partial charge in [-0.25, -0.2) is 4.98 Å². The minimum absolute atomic E-state index is 0.0000426. The summed E-state index contributed by atoms with van der Waals surface area (Å²) in [6, 6.07) is 4.08. The molecule has 2 heterocycles. The Morgan fingerprint density at radius 1 is 1.23 bits per heavy atom. The second-order valence-electron chi connectivity index (χ2n) is 8.27. The SMILES string of the molecule is C=C(C)Cn1c(SCC(=O)c2c(C)cc(C)cc2C)nc2sc3c(c2c1=O)CCC3. The molecule has 0 fully saturated rings. The first kappa shape index (κ1) is 21.1. The van der Waals surface area contributed by atoms with Crippen molar-refractivity contribution in [2.45, 2.75) is 58.7 Å². The summed E-state index contributed by atoms with van der Waals surface area (Å²) in [6.45, 7) is 12.3. The summed E-state index contributed by atoms with van der Waals surface area (Å²) < 4.78 is 1.70. The van der Waals surface area contributed by atoms with Crippen LogP contribution < -0.4 is 5.56 Å². The van der Waals surface area contributed by atoms with Crippen LogP contribution in [0.2, 0.25) is 0 Å². The van der Waals surface area contributed by atoms with Crippen molar-refractivity contribution in [3.8, 4) is 0 Å². The number of allylic oxidation sites excluding steroid dienone is 1. The third kappa shape index (κ3) is 3.79. The number of carbonyl (C=O) groups is 1. The van der Waals surface area contributed by atoms with E-state index in [-0.39, 0.29) is 17.1 Å². The molecule has 3 aromatic rings. The number of hydrogen-bond donors (Lipinski definition) is 0. The Kier molecular flexibility index (Phi) is 5.73. The van der Waals surface area contributed by atoms with Crippen molar-refractivity contribution < 1.29 is 4.79 Å². The van der Waals surface area contributed by atoms with Gasteiger partial charge < -0.3 is 0 Å². The van der Waals surface area contributed by atoms with Gasteiger partial charge in [0, 0.05) is 17.0 Å². The molecule has 0 spiro atoms. The lowest BCUT2D eigenvalue weighted by Gasteiger charge is -2.13. The van der Waals surface area contributed by atoms with E-state index >= 15 is 0 Å². The number of aryl methyl sites for hydroxylation is 5. The van der Waals surface area contributed by atoms with Gasteiger partial charge in [-0.1, -0.05) is 41.6 Å². The number of thiophene rings is 1. The van der Waals surface area contributed by atoms with Gasteiger partial charge in [-0.15, -0.1) is 11.3 Å². The highest BCUT2D eigenvalue weighted by Gasteiger charge is 2.24. The number of thioether (sulfide) groups is 1. The molecule has 0 radical (unpaired) electrons. The molecule has 0 N–H and O–H groups in total. The van der Waals surface area contributed by atoms with Crippen LogP contribution in [-0.2, 0) is 19.4 Å². The number of benzene rings is 1. The van der Waals surface area contributed by atoms with Crippen LogP contribution in [0.1, 0.15) is 50.8 Å². The smallest absolute Gasteiger partial charge is 0.263 e. The van der Waals surface area contributed by atoms with E-state index < -0.39 is 0 Å². The average Bonchev–Trinajstić information content (AvgIpc) is 3.22. The zero-order valence-corrected chi connectivity index (χ0v) is 19.6. The van der Waals surface area contributed by atoms with Gasteiger partial charge in [0.15, 0.2) is 10.9 Å². The predicted molar refractivity (Wildman–Crippen MR) is 126 cm³/mol. The molecule has 1 aromatic carbocycles. The normalized spacial score (nSPS) is 13.1. The quantitative estimate of drug-likeness (QED) is 0.223. The van der Waals surface area contributed by atoms with E-state index in [4.69, 9.17) is 4.98 Å². The zero-order chi connectivity index (χ0) is 21.6. The lowest BCUT2D eigenvalue weighted by molar-refractivity contribution is 0.102. The molecule has 4 nitrogen and oxygen atoms in total. The van der Waals surface area contributed by atoms with Crippen molar-refractivity contribution in [1.29, 1.82) is 0 Å². The number of rotatable bonds is 6. The second-order valence-corrected chi connectivity index (χ2v) is 10.3. The van der Waals surface area contributed by atoms with Crippen LogP contribution in [-0.4, -0.2) is 21.1 Å². The summed E-state index contributed by atoms with van der Waals surface area (Å²) in [5.41, 5.74) is 6.00. The number of hydrogen-bond acceptors (Lipinski definition) is 5. The Hall–Kier alpha value is -2.18. The standard InChI is InChI=1S/C24H26N2O2S2/c1-13(2)11-26-23(28)21-17-7-6-8-19(17)30-22(21)25-24(26)29-12-18(27)20-15(4)9-14(3)10-16(20)5/h9-10H,1,6-8,11-12H2,2-5H3. The van der Waals surface area contributed by atoms with Gasteiger partial charge in [-0.3, -0.25) is 14.2 Å². The second kappa shape index (κ2) is 8.16. The Morgan fingerprint density at radius 2 is 1.93 bits per heavy atom. The Balaban J connectivity index is 1.71. The Morgan fingerprint density at radius 3 is 2.60 bits per heavy atom. The third-order valence-electron chi connectivity index (χ3n) is 5.51. The van der Waals surface area contributed by atoms with Gasteiger partial charge in [-0.2, -0.15) is 0 Å². The number of Topliss-reactive ketones (excluding diaryl/α,β-unsaturated/α-hetero) is 1. The van der Waals surface area contributed by atoms with E-state index in [1.807, 2.05) is 39.8 Å². The minimum atomic E-state index is 0.0000426. The molecule has 0 saturated carbocycles. The monoisotopic (exact) mass is 438 g/mol. The van der Waals surface area contributed by atoms with E-state index in [1.54, 1.807) is 15.9 Å². The van der Waals surface area contributed by atoms with Crippen LogP contribution in [0.3, 0.4) is 0 Å². The van der Waals surface area contributed by atoms with Gasteiger partial charge in [0.1, 0.15) is 4.83 Å². The first-order valence-corrected chi connectivity index (χ1v) is 12.0. The molecule has 6 heteroatoms. The van der Waals surface area contributed by atoms with Crippen molar-refractivity contribution in [2.24, 2.45) is 0 Å². The van der Waals surface area contributed by atoms with Gasteiger partial charge in [0.05, 0.1) is 11.1 Å². The van der Waals surface area contributed by atoms with Crippen LogP contribution in [0.5, 0.6) is 0 Å². The van der Waals surface area contributed by atoms with Crippen molar-refractivity contribution in [3.63, 3.8) is 0 Å². The maximum absolute atomic E-state index is 13.4. The summed E-state index contributed by atoms with van der Waals surface area (Å²) in [5.74, 6) is 0.323. The highest BCUT2D eigenvalue weighted by atomic mass is 32.2. The molecule has 1 aliphatic carbocycles. The molecule has 0 amide bonds. The van der Waals surface area contributed by atoms with E-state index in [1.165, 1.54) is 22.2 Å². The summed E-state index contributed by atoms with van der Waals surface area (Å²) in [5, 5.41) is 1.38. The number of aromatic nitrogens is 2. The molecule has 0 atom stereocenters. The molecule has 0 aliphatic heterocycles. The number of nitrogens with zero attached hydrogens (tertiary/aromatic N) is 2. The number of ketones is 1. The molecule has 30 heavy (non-hydrogen) atoms. The topological polar surface area (TPSA) is 52.0 Å². The van der Waals surface area contributed by atoms with Crippen molar-refractivity contribution in [1.82, 2.24) is 9.55 Å². The van der Waals surface area contributed by atoms with Crippen molar-refractivity contribution in [2.75, 3.05) is 5.75 Å². The molecule has 2 aromatic heterocycles. The van der Waals surface area contributed by atoms with Gasteiger partial charge in [0.2, 0.25) is 0 Å². The number of carbonyl (C=O) groups excluding carboxylic acids is 1. The molecule has 156 valence electrons. The summed E-state index contributed by atoms with van der Waals surface area (Å²) >= 11 is 2.99. The molecule has 1 aliphatic rings. The first-order valence-electron chi connectivity index (χ1n) is 10.2. The van der Waals surface area contributed by atoms with Crippen LogP contribution in [0.15, 0.2) is 34.2 Å². The van der Waals surface area contributed by atoms with Crippen LogP contribution in [0, 0.1) is 20.8 Å². The maximum Gasteiger partial charge on any atom is 0.263 e. The maximum atomic E-state index is 13.4. The summed E-state index contributed by atoms with van der Waals surface area (Å²) in [4.78, 5) is 33.3. The average molecular weight is 439 g/mol. The fourth-order valence-electron chi connectivity index (χ4n) is 4.40. The lowest BCUT2D eigenvalue weighted by Crippen LogP contribution is -2.24. The molecule has 4 rings (SSSR count). The van der Waals surface area contributed by atoms with Crippen molar-refractivity contribution >= 4 is 39.1 Å². The highest BCUT2D eigenvalue weighted by molar-refractivity contribution is 7.99. The van der Waals surface area contributed by atoms with E-state index in [0.717, 1.165) is 57.3 Å². The molecule has 0 unspecified atom stereocenters. The summed E-state index contributed by atoms with van der Waals surface area (Å²) in [7, 11) is 0. The minimum Gasteiger partial charge on any atom is -0.293 e. The van der Waals surface area contributed by atoms with Crippen molar-refractivity contribution in [3.05, 3.63) is 67.3 Å². The Bertz CT molecular complexity index is 1230. The lowest BCUT2D eigenvalue weighted by atomic mass is 9.97. The third-order valence-corrected chi connectivity index (χ3v) is 7.67. The van der Waals surface area contributed by atoms with E-state index in [9.17, 15) is 9.59 Å². The Labute approximate surface area is 185 Å². The van der Waals surface area contributed by atoms with Crippen LogP contribution in [0.4, 0.5) is 0 Å².